The molecule has 0 saturated heterocycles. The van der Waals surface area contributed by atoms with E-state index in [-0.39, 0.29) is 24.7 Å². The van der Waals surface area contributed by atoms with Crippen LogP contribution in [0.5, 0.6) is 11.5 Å². The van der Waals surface area contributed by atoms with Crippen LogP contribution in [0.4, 0.5) is 0 Å². The normalized spacial score (nSPS) is 17.7. The summed E-state index contributed by atoms with van der Waals surface area (Å²) in [6.07, 6.45) is -0.0565. The van der Waals surface area contributed by atoms with E-state index in [1.807, 2.05) is 30.3 Å². The lowest BCUT2D eigenvalue weighted by molar-refractivity contribution is -0.137. The van der Waals surface area contributed by atoms with E-state index in [1.165, 1.54) is 0 Å². The third-order valence-corrected chi connectivity index (χ3v) is 5.52. The van der Waals surface area contributed by atoms with Crippen molar-refractivity contribution in [2.45, 2.75) is 44.6 Å². The first-order valence-corrected chi connectivity index (χ1v) is 10.4. The van der Waals surface area contributed by atoms with Gasteiger partial charge in [-0.25, -0.2) is 0 Å². The second-order valence-corrected chi connectivity index (χ2v) is 8.55. The Hall–Kier alpha value is -2.78. The highest BCUT2D eigenvalue weighted by Crippen LogP contribution is 2.40. The lowest BCUT2D eigenvalue weighted by atomic mass is 9.83. The van der Waals surface area contributed by atoms with Crippen molar-refractivity contribution in [1.82, 2.24) is 0 Å². The number of aliphatic carboxylic acids is 1. The summed E-state index contributed by atoms with van der Waals surface area (Å²) in [6.45, 7) is 5.40. The molecule has 2 aromatic rings. The number of hydrogen-bond acceptors (Lipinski definition) is 4. The molecule has 1 aliphatic rings. The summed E-state index contributed by atoms with van der Waals surface area (Å²) in [5, 5.41) is 9.08. The molecule has 0 amide bonds. The van der Waals surface area contributed by atoms with Crippen LogP contribution in [0.15, 0.2) is 46.9 Å². The van der Waals surface area contributed by atoms with Gasteiger partial charge in [-0.2, -0.15) is 0 Å². The summed E-state index contributed by atoms with van der Waals surface area (Å²) in [5.74, 6) is 5.25. The minimum Gasteiger partial charge on any atom is -0.492 e. The van der Waals surface area contributed by atoms with E-state index in [0.29, 0.717) is 11.5 Å². The fraction of sp³-hybridized carbons (Fsp3) is 0.333. The summed E-state index contributed by atoms with van der Waals surface area (Å²) >= 11 is 3.44. The Balaban J connectivity index is 1.77. The molecule has 0 fully saturated rings. The van der Waals surface area contributed by atoms with Gasteiger partial charge in [0.25, 0.3) is 0 Å². The maximum atomic E-state index is 12.9. The van der Waals surface area contributed by atoms with Crippen LogP contribution in [0.1, 0.15) is 50.2 Å². The minimum atomic E-state index is -0.936. The molecule has 3 rings (SSSR count). The molecule has 0 aliphatic carbocycles. The van der Waals surface area contributed by atoms with Crippen molar-refractivity contribution in [2.24, 2.45) is 0 Å². The summed E-state index contributed by atoms with van der Waals surface area (Å²) in [5.41, 5.74) is 0.686. The summed E-state index contributed by atoms with van der Waals surface area (Å²) in [4.78, 5) is 24.0. The number of carbonyl (C=O) groups is 2. The summed E-state index contributed by atoms with van der Waals surface area (Å²) in [6, 6.07) is 12.8. The van der Waals surface area contributed by atoms with Crippen LogP contribution < -0.4 is 9.47 Å². The zero-order chi connectivity index (χ0) is 21.9. The predicted octanol–water partition coefficient (Wildman–Crippen LogP) is 4.93. The first-order chi connectivity index (χ1) is 14.2. The maximum Gasteiger partial charge on any atom is 0.304 e. The molecule has 0 bridgehead atoms. The van der Waals surface area contributed by atoms with E-state index in [9.17, 15) is 9.59 Å². The van der Waals surface area contributed by atoms with E-state index in [1.54, 1.807) is 32.9 Å². The van der Waals surface area contributed by atoms with Crippen molar-refractivity contribution in [3.8, 4) is 23.3 Å². The molecule has 2 unspecified atom stereocenters. The van der Waals surface area contributed by atoms with Crippen LogP contribution in [-0.4, -0.2) is 29.1 Å². The van der Waals surface area contributed by atoms with Gasteiger partial charge in [0, 0.05) is 10.0 Å². The number of ether oxygens (including phenoxy) is 2. The van der Waals surface area contributed by atoms with Crippen LogP contribution in [0.3, 0.4) is 0 Å². The molecule has 156 valence electrons. The number of benzene rings is 2. The number of Topliss-reactive ketones (excluding diaryl/α,β-unsaturated/α-hetero) is 1. The fourth-order valence-corrected chi connectivity index (χ4v) is 3.85. The number of carboxylic acid groups (broad SMARTS) is 1. The molecule has 0 saturated carbocycles. The number of halogens is 1. The van der Waals surface area contributed by atoms with Crippen molar-refractivity contribution >= 4 is 27.7 Å². The lowest BCUT2D eigenvalue weighted by Crippen LogP contribution is -2.46. The standard InChI is InChI=1S/C24H23BrO5/c1-4-5-16(12-22(26)27)15-6-9-18(10-7-15)29-14-20-19-11-8-17(25)13-21(19)30-24(2,3)23(20)28/h6-11,13,16,20H,12,14H2,1-3H3,(H,26,27). The fourth-order valence-electron chi connectivity index (χ4n) is 3.51. The van der Waals surface area contributed by atoms with Crippen LogP contribution in [0, 0.1) is 11.8 Å². The first kappa shape index (κ1) is 21.9. The molecule has 1 aliphatic heterocycles. The van der Waals surface area contributed by atoms with E-state index in [4.69, 9.17) is 14.6 Å². The number of hydrogen-bond donors (Lipinski definition) is 1. The average Bonchev–Trinajstić information content (AvgIpc) is 2.68. The van der Waals surface area contributed by atoms with Gasteiger partial charge in [-0.15, -0.1) is 5.92 Å². The SMILES string of the molecule is CC#CC(CC(=O)O)c1ccc(OCC2C(=O)C(C)(C)Oc3cc(Br)ccc32)cc1. The third-order valence-electron chi connectivity index (χ3n) is 5.02. The summed E-state index contributed by atoms with van der Waals surface area (Å²) < 4.78 is 12.7. The Bertz CT molecular complexity index is 1010. The molecule has 5 nitrogen and oxygen atoms in total. The second-order valence-electron chi connectivity index (χ2n) is 7.64. The Kier molecular flexibility index (Phi) is 6.52. The monoisotopic (exact) mass is 470 g/mol. The number of rotatable bonds is 6. The highest BCUT2D eigenvalue weighted by molar-refractivity contribution is 9.10. The zero-order valence-corrected chi connectivity index (χ0v) is 18.7. The smallest absolute Gasteiger partial charge is 0.304 e. The minimum absolute atomic E-state index is 0.0336. The maximum absolute atomic E-state index is 12.9. The average molecular weight is 471 g/mol. The second kappa shape index (κ2) is 8.93. The number of ketones is 1. The van der Waals surface area contributed by atoms with Gasteiger partial charge >= 0.3 is 5.97 Å². The van der Waals surface area contributed by atoms with Crippen LogP contribution in [-0.2, 0) is 9.59 Å². The molecule has 1 heterocycles. The van der Waals surface area contributed by atoms with Crippen molar-refractivity contribution < 1.29 is 24.2 Å². The van der Waals surface area contributed by atoms with Gasteiger partial charge in [0.05, 0.1) is 18.3 Å². The topological polar surface area (TPSA) is 72.8 Å². The van der Waals surface area contributed by atoms with Gasteiger partial charge in [-0.1, -0.05) is 40.0 Å². The molecule has 0 aromatic heterocycles. The largest absolute Gasteiger partial charge is 0.492 e. The number of carboxylic acids is 1. The Morgan fingerprint density at radius 2 is 1.97 bits per heavy atom. The van der Waals surface area contributed by atoms with Crippen molar-refractivity contribution in [1.29, 1.82) is 0 Å². The van der Waals surface area contributed by atoms with E-state index in [2.05, 4.69) is 27.8 Å². The van der Waals surface area contributed by atoms with E-state index in [0.717, 1.165) is 15.6 Å². The number of carbonyl (C=O) groups excluding carboxylic acids is 1. The Labute approximate surface area is 184 Å². The molecule has 0 spiro atoms. The molecule has 0 radical (unpaired) electrons. The Morgan fingerprint density at radius 1 is 1.27 bits per heavy atom. The highest BCUT2D eigenvalue weighted by Gasteiger charge is 2.42. The number of fused-ring (bicyclic) bond motifs is 1. The van der Waals surface area contributed by atoms with Crippen LogP contribution in [0.25, 0.3) is 0 Å². The molecule has 1 N–H and O–H groups in total. The van der Waals surface area contributed by atoms with Gasteiger partial charge in [-0.3, -0.25) is 9.59 Å². The molecule has 2 atom stereocenters. The predicted molar refractivity (Wildman–Crippen MR) is 117 cm³/mol. The van der Waals surface area contributed by atoms with Gasteiger partial charge in [-0.05, 0) is 50.6 Å². The third kappa shape index (κ3) is 4.85. The van der Waals surface area contributed by atoms with Gasteiger partial charge in [0.15, 0.2) is 11.4 Å². The van der Waals surface area contributed by atoms with Crippen molar-refractivity contribution in [3.05, 3.63) is 58.1 Å². The van der Waals surface area contributed by atoms with Crippen LogP contribution >= 0.6 is 15.9 Å². The summed E-state index contributed by atoms with van der Waals surface area (Å²) in [7, 11) is 0. The van der Waals surface area contributed by atoms with Gasteiger partial charge in [0.1, 0.15) is 18.1 Å². The van der Waals surface area contributed by atoms with Crippen LogP contribution in [0.2, 0.25) is 0 Å². The quantitative estimate of drug-likeness (QED) is 0.605. The molecule has 30 heavy (non-hydrogen) atoms. The van der Waals surface area contributed by atoms with Gasteiger partial charge < -0.3 is 14.6 Å². The Morgan fingerprint density at radius 3 is 2.60 bits per heavy atom. The molecular formula is C24H23BrO5. The van der Waals surface area contributed by atoms with Gasteiger partial charge in [0.2, 0.25) is 0 Å². The van der Waals surface area contributed by atoms with Crippen molar-refractivity contribution in [3.63, 3.8) is 0 Å². The molecular weight excluding hydrogens is 448 g/mol. The van der Waals surface area contributed by atoms with E-state index >= 15 is 0 Å². The van der Waals surface area contributed by atoms with Crippen molar-refractivity contribution in [2.75, 3.05) is 6.61 Å². The van der Waals surface area contributed by atoms with E-state index < -0.39 is 17.5 Å². The first-order valence-electron chi connectivity index (χ1n) is 9.61. The lowest BCUT2D eigenvalue weighted by Gasteiger charge is -2.36. The molecule has 6 heteroatoms. The zero-order valence-electron chi connectivity index (χ0n) is 17.1. The molecule has 2 aromatic carbocycles. The highest BCUT2D eigenvalue weighted by atomic mass is 79.9.